The minimum absolute atomic E-state index is 0.0935. The van der Waals surface area contributed by atoms with Crippen LogP contribution >= 0.6 is 22.9 Å². The van der Waals surface area contributed by atoms with Gasteiger partial charge in [0.1, 0.15) is 0 Å². The topological polar surface area (TPSA) is 90.8 Å². The molecule has 88 valence electrons. The van der Waals surface area contributed by atoms with E-state index in [4.69, 9.17) is 16.7 Å². The molecule has 1 aromatic rings. The van der Waals surface area contributed by atoms with Gasteiger partial charge in [0.25, 0.3) is 10.0 Å². The maximum Gasteiger partial charge on any atom is 0.297 e. The molecule has 0 unspecified atom stereocenters. The number of anilines is 1. The fourth-order valence-corrected chi connectivity index (χ4v) is 3.86. The summed E-state index contributed by atoms with van der Waals surface area (Å²) in [4.78, 5) is 0. The molecule has 1 aliphatic rings. The number of nitrogens with one attached hydrogen (secondary N) is 2. The van der Waals surface area contributed by atoms with Crippen LogP contribution in [0.2, 0.25) is 4.34 Å². The van der Waals surface area contributed by atoms with Crippen molar-refractivity contribution >= 4 is 44.6 Å². The van der Waals surface area contributed by atoms with Gasteiger partial charge in [-0.05, 0) is 6.07 Å². The summed E-state index contributed by atoms with van der Waals surface area (Å²) in [5.41, 5.74) is 0.408. The molecule has 0 aliphatic carbocycles. The van der Waals surface area contributed by atoms with Crippen LogP contribution in [0.4, 0.5) is 5.69 Å². The molecule has 3 N–H and O–H groups in total. The average molecular weight is 282 g/mol. The van der Waals surface area contributed by atoms with E-state index in [-0.39, 0.29) is 23.3 Å². The van der Waals surface area contributed by atoms with E-state index in [1.807, 2.05) is 0 Å². The Hall–Kier alpha value is -0.830. The molecule has 0 saturated carbocycles. The molecule has 0 aromatic carbocycles. The summed E-state index contributed by atoms with van der Waals surface area (Å²) in [5, 5.41) is 14.0. The second kappa shape index (κ2) is 4.21. The molecule has 2 rings (SSSR count). The zero-order chi connectivity index (χ0) is 11.8. The van der Waals surface area contributed by atoms with E-state index < -0.39 is 10.0 Å². The van der Waals surface area contributed by atoms with E-state index in [1.165, 1.54) is 6.07 Å². The van der Waals surface area contributed by atoms with E-state index in [2.05, 4.69) is 15.0 Å². The first-order valence-electron chi connectivity index (χ1n) is 4.29. The number of nitrogens with zero attached hydrogens (tertiary/aromatic N) is 1. The molecule has 6 nitrogen and oxygen atoms in total. The lowest BCUT2D eigenvalue weighted by molar-refractivity contribution is 0.300. The number of hydrogen-bond acceptors (Lipinski definition) is 6. The number of halogens is 1. The fraction of sp³-hybridized carbons (Fsp3) is 0.286. The van der Waals surface area contributed by atoms with E-state index in [9.17, 15) is 8.42 Å². The molecule has 2 heterocycles. The zero-order valence-corrected chi connectivity index (χ0v) is 10.3. The number of rotatable bonds is 2. The highest BCUT2D eigenvalue weighted by atomic mass is 35.5. The van der Waals surface area contributed by atoms with Crippen LogP contribution < -0.4 is 10.6 Å². The van der Waals surface area contributed by atoms with Gasteiger partial charge >= 0.3 is 0 Å². The molecule has 0 saturated heterocycles. The largest absolute Gasteiger partial charge is 0.395 e. The molecule has 0 fully saturated rings. The lowest BCUT2D eigenvalue weighted by Gasteiger charge is -2.15. The standard InChI is InChI=1S/C7H8ClN3O3S2/c8-5-3-4-6(15-5)16(13,14)11-7(10-4)9-1-2-12/h3,12H,1-2H2,(H2,9,10,11). The quantitative estimate of drug-likeness (QED) is 0.732. The number of fused-ring (bicyclic) bond motifs is 1. The summed E-state index contributed by atoms with van der Waals surface area (Å²) >= 11 is 6.69. The van der Waals surface area contributed by atoms with Crippen LogP contribution in [0.5, 0.6) is 0 Å². The van der Waals surface area contributed by atoms with Crippen molar-refractivity contribution in [1.29, 1.82) is 0 Å². The van der Waals surface area contributed by atoms with Crippen molar-refractivity contribution in [3.8, 4) is 0 Å². The van der Waals surface area contributed by atoms with Crippen LogP contribution in [0.3, 0.4) is 0 Å². The molecule has 1 aliphatic heterocycles. The summed E-state index contributed by atoms with van der Waals surface area (Å²) in [5.74, 6) is 0.0935. The van der Waals surface area contributed by atoms with E-state index >= 15 is 0 Å². The Morgan fingerprint density at radius 1 is 1.62 bits per heavy atom. The highest BCUT2D eigenvalue weighted by Crippen LogP contribution is 2.37. The molecule has 0 radical (unpaired) electrons. The van der Waals surface area contributed by atoms with Gasteiger partial charge in [-0.3, -0.25) is 0 Å². The van der Waals surface area contributed by atoms with Crippen molar-refractivity contribution in [3.05, 3.63) is 10.4 Å². The first kappa shape index (κ1) is 11.6. The van der Waals surface area contributed by atoms with Crippen molar-refractivity contribution < 1.29 is 13.5 Å². The van der Waals surface area contributed by atoms with Gasteiger partial charge in [-0.15, -0.1) is 15.7 Å². The summed E-state index contributed by atoms with van der Waals surface area (Å²) in [7, 11) is -3.69. The van der Waals surface area contributed by atoms with Gasteiger partial charge in [0.05, 0.1) is 16.6 Å². The minimum Gasteiger partial charge on any atom is -0.395 e. The van der Waals surface area contributed by atoms with E-state index in [1.54, 1.807) is 0 Å². The molecule has 0 bridgehead atoms. The maximum atomic E-state index is 11.7. The Kier molecular flexibility index (Phi) is 3.06. The van der Waals surface area contributed by atoms with Crippen molar-refractivity contribution in [2.24, 2.45) is 4.40 Å². The summed E-state index contributed by atoms with van der Waals surface area (Å²) < 4.78 is 27.4. The molecular weight excluding hydrogens is 274 g/mol. The zero-order valence-electron chi connectivity index (χ0n) is 7.90. The van der Waals surface area contributed by atoms with Crippen LogP contribution in [0.1, 0.15) is 0 Å². The van der Waals surface area contributed by atoms with Gasteiger partial charge < -0.3 is 15.7 Å². The predicted octanol–water partition coefficient (Wildman–Crippen LogP) is 0.454. The van der Waals surface area contributed by atoms with Crippen molar-refractivity contribution in [2.75, 3.05) is 18.5 Å². The maximum absolute atomic E-state index is 11.7. The third-order valence-electron chi connectivity index (χ3n) is 1.77. The van der Waals surface area contributed by atoms with E-state index in [0.29, 0.717) is 10.0 Å². The smallest absolute Gasteiger partial charge is 0.297 e. The Morgan fingerprint density at radius 2 is 2.38 bits per heavy atom. The lowest BCUT2D eigenvalue weighted by atomic mass is 10.5. The van der Waals surface area contributed by atoms with Crippen LogP contribution in [-0.2, 0) is 10.0 Å². The van der Waals surface area contributed by atoms with Gasteiger partial charge in [-0.1, -0.05) is 11.6 Å². The van der Waals surface area contributed by atoms with Crippen molar-refractivity contribution in [3.63, 3.8) is 0 Å². The van der Waals surface area contributed by atoms with Gasteiger partial charge in [0.2, 0.25) is 5.96 Å². The predicted molar refractivity (Wildman–Crippen MR) is 62.7 cm³/mol. The fourth-order valence-electron chi connectivity index (χ4n) is 1.19. The summed E-state index contributed by atoms with van der Waals surface area (Å²) in [6, 6.07) is 1.52. The number of guanidine groups is 1. The highest BCUT2D eigenvalue weighted by molar-refractivity contribution is 7.92. The number of aliphatic hydroxyl groups is 1. The van der Waals surface area contributed by atoms with Gasteiger partial charge in [-0.25, -0.2) is 0 Å². The first-order valence-corrected chi connectivity index (χ1v) is 6.92. The average Bonchev–Trinajstić information content (AvgIpc) is 2.56. The minimum atomic E-state index is -3.69. The molecule has 0 spiro atoms. The second-order valence-corrected chi connectivity index (χ2v) is 6.42. The molecule has 0 atom stereocenters. The molecular formula is C7H8ClN3O3S2. The van der Waals surface area contributed by atoms with Crippen molar-refractivity contribution in [2.45, 2.75) is 4.21 Å². The van der Waals surface area contributed by atoms with Crippen LogP contribution in [-0.4, -0.2) is 32.6 Å². The molecule has 16 heavy (non-hydrogen) atoms. The SMILES string of the molecule is O=S1(=O)N=C(NCCO)Nc2cc(Cl)sc21. The van der Waals surface area contributed by atoms with Crippen LogP contribution in [0.25, 0.3) is 0 Å². The van der Waals surface area contributed by atoms with Gasteiger partial charge in [0.15, 0.2) is 4.21 Å². The van der Waals surface area contributed by atoms with E-state index in [0.717, 1.165) is 11.3 Å². The third-order valence-corrected chi connectivity index (χ3v) is 4.82. The molecule has 9 heteroatoms. The molecule has 1 aromatic heterocycles. The Bertz CT molecular complexity index is 537. The Morgan fingerprint density at radius 3 is 3.06 bits per heavy atom. The second-order valence-electron chi connectivity index (χ2n) is 2.94. The number of hydrogen-bond donors (Lipinski definition) is 3. The van der Waals surface area contributed by atoms with Crippen LogP contribution in [0, 0.1) is 0 Å². The monoisotopic (exact) mass is 281 g/mol. The number of sulfonamides is 1. The first-order chi connectivity index (χ1) is 7.53. The van der Waals surface area contributed by atoms with Crippen LogP contribution in [0.15, 0.2) is 14.7 Å². The third kappa shape index (κ3) is 2.14. The molecule has 0 amide bonds. The summed E-state index contributed by atoms with van der Waals surface area (Å²) in [6.07, 6.45) is 0. The van der Waals surface area contributed by atoms with Gasteiger partial charge in [-0.2, -0.15) is 8.42 Å². The van der Waals surface area contributed by atoms with Crippen molar-refractivity contribution in [1.82, 2.24) is 5.32 Å². The highest BCUT2D eigenvalue weighted by Gasteiger charge is 2.27. The lowest BCUT2D eigenvalue weighted by Crippen LogP contribution is -2.35. The Labute approximate surface area is 101 Å². The normalized spacial score (nSPS) is 17.2. The van der Waals surface area contributed by atoms with Gasteiger partial charge in [0, 0.05) is 6.54 Å². The summed E-state index contributed by atoms with van der Waals surface area (Å²) in [6.45, 7) is 0.104. The Balaban J connectivity index is 2.35. The number of thiophene rings is 1. The number of aliphatic hydroxyl groups excluding tert-OH is 1.